The highest BCUT2D eigenvalue weighted by atomic mass is 16.5. The Labute approximate surface area is 147 Å². The summed E-state index contributed by atoms with van der Waals surface area (Å²) in [7, 11) is 1.87. The molecule has 1 aliphatic carbocycles. The van der Waals surface area contributed by atoms with Crippen molar-refractivity contribution in [2.75, 3.05) is 12.4 Å². The molecule has 0 radical (unpaired) electrons. The van der Waals surface area contributed by atoms with Gasteiger partial charge in [-0.1, -0.05) is 19.3 Å². The van der Waals surface area contributed by atoms with Crippen LogP contribution in [0.4, 0.5) is 5.82 Å². The highest BCUT2D eigenvalue weighted by molar-refractivity contribution is 5.69. The predicted molar refractivity (Wildman–Crippen MR) is 97.4 cm³/mol. The van der Waals surface area contributed by atoms with Crippen LogP contribution >= 0.6 is 0 Å². The molecule has 0 unspecified atom stereocenters. The van der Waals surface area contributed by atoms with Gasteiger partial charge in [-0.3, -0.25) is 0 Å². The van der Waals surface area contributed by atoms with E-state index >= 15 is 0 Å². The maximum Gasteiger partial charge on any atom is 0.153 e. The smallest absolute Gasteiger partial charge is 0.153 e. The number of nitrogens with one attached hydrogen (secondary N) is 1. The summed E-state index contributed by atoms with van der Waals surface area (Å²) >= 11 is 0. The summed E-state index contributed by atoms with van der Waals surface area (Å²) in [6, 6.07) is 6.12. The van der Waals surface area contributed by atoms with Crippen molar-refractivity contribution in [1.29, 1.82) is 0 Å². The van der Waals surface area contributed by atoms with E-state index in [1.165, 1.54) is 19.3 Å². The van der Waals surface area contributed by atoms with Crippen LogP contribution in [0, 0.1) is 0 Å². The van der Waals surface area contributed by atoms with E-state index in [0.717, 1.165) is 41.1 Å². The van der Waals surface area contributed by atoms with Crippen molar-refractivity contribution in [3.63, 3.8) is 0 Å². The third-order valence-electron chi connectivity index (χ3n) is 4.76. The van der Waals surface area contributed by atoms with Gasteiger partial charge in [-0.15, -0.1) is 0 Å². The molecule has 0 spiro atoms. The molecule has 6 nitrogen and oxygen atoms in total. The van der Waals surface area contributed by atoms with Crippen LogP contribution in [0.2, 0.25) is 0 Å². The Morgan fingerprint density at radius 2 is 1.92 bits per heavy atom. The number of hydrogen-bond donors (Lipinski definition) is 1. The first-order valence-electron chi connectivity index (χ1n) is 8.92. The third kappa shape index (κ3) is 3.64. The van der Waals surface area contributed by atoms with E-state index in [1.54, 1.807) is 0 Å². The minimum atomic E-state index is 0.377. The second-order valence-corrected chi connectivity index (χ2v) is 6.52. The largest absolute Gasteiger partial charge is 0.372 e. The highest BCUT2D eigenvalue weighted by Crippen LogP contribution is 2.22. The van der Waals surface area contributed by atoms with Crippen LogP contribution in [0.5, 0.6) is 0 Å². The van der Waals surface area contributed by atoms with Crippen LogP contribution in [0.3, 0.4) is 0 Å². The molecular formula is C19H23N5O. The fraction of sp³-hybridized carbons (Fsp3) is 0.421. The molecular weight excluding hydrogens is 314 g/mol. The molecule has 1 N–H and O–H groups in total. The Morgan fingerprint density at radius 1 is 1.12 bits per heavy atom. The van der Waals surface area contributed by atoms with Gasteiger partial charge in [0.05, 0.1) is 11.6 Å². The molecule has 0 atom stereocenters. The first kappa shape index (κ1) is 16.0. The average molecular weight is 337 g/mol. The van der Waals surface area contributed by atoms with Gasteiger partial charge in [-0.05, 0) is 30.5 Å². The van der Waals surface area contributed by atoms with Gasteiger partial charge in [-0.2, -0.15) is 5.10 Å². The molecule has 1 fully saturated rings. The van der Waals surface area contributed by atoms with Gasteiger partial charge in [0, 0.05) is 37.3 Å². The highest BCUT2D eigenvalue weighted by Gasteiger charge is 2.14. The molecule has 0 aromatic carbocycles. The number of anilines is 1. The number of hydrogen-bond acceptors (Lipinski definition) is 5. The van der Waals surface area contributed by atoms with E-state index < -0.39 is 0 Å². The number of pyridine rings is 1. The normalized spacial score (nSPS) is 15.6. The summed E-state index contributed by atoms with van der Waals surface area (Å²) < 4.78 is 7.79. The maximum atomic E-state index is 5.94. The summed E-state index contributed by atoms with van der Waals surface area (Å²) in [6.07, 6.45) is 12.3. The van der Waals surface area contributed by atoms with Crippen LogP contribution in [0.25, 0.3) is 16.6 Å². The minimum Gasteiger partial charge on any atom is -0.372 e. The molecule has 4 rings (SSSR count). The lowest BCUT2D eigenvalue weighted by Gasteiger charge is -2.21. The maximum absolute atomic E-state index is 5.94. The molecule has 3 aromatic heterocycles. The van der Waals surface area contributed by atoms with Gasteiger partial charge < -0.3 is 10.1 Å². The first-order chi connectivity index (χ1) is 12.3. The summed E-state index contributed by atoms with van der Waals surface area (Å²) in [4.78, 5) is 8.94. The van der Waals surface area contributed by atoms with Crippen molar-refractivity contribution in [3.05, 3.63) is 42.6 Å². The fourth-order valence-corrected chi connectivity index (χ4v) is 3.30. The predicted octanol–water partition coefficient (Wildman–Crippen LogP) is 3.68. The van der Waals surface area contributed by atoms with E-state index in [1.807, 2.05) is 42.3 Å². The van der Waals surface area contributed by atoms with Gasteiger partial charge in [-0.25, -0.2) is 14.5 Å². The molecule has 3 heterocycles. The Morgan fingerprint density at radius 3 is 2.68 bits per heavy atom. The van der Waals surface area contributed by atoms with Crippen molar-refractivity contribution >= 4 is 11.3 Å². The SMILES string of the molecule is CNc1cc2cc(-c3cnc(COC4CCCCC4)nc3)ccn2n1. The standard InChI is InChI=1S/C19H23N5O/c1-20-18-10-16-9-14(7-8-24(16)23-18)15-11-21-19(22-12-15)13-25-17-5-3-2-4-6-17/h7-12,17H,2-6,13H2,1H3,(H,20,23). The lowest BCUT2D eigenvalue weighted by molar-refractivity contribution is 0.0135. The van der Waals surface area contributed by atoms with E-state index in [9.17, 15) is 0 Å². The third-order valence-corrected chi connectivity index (χ3v) is 4.76. The Balaban J connectivity index is 1.45. The van der Waals surface area contributed by atoms with Gasteiger partial charge in [0.1, 0.15) is 12.4 Å². The van der Waals surface area contributed by atoms with Crippen molar-refractivity contribution in [1.82, 2.24) is 19.6 Å². The van der Waals surface area contributed by atoms with Gasteiger partial charge >= 0.3 is 0 Å². The molecule has 0 amide bonds. The van der Waals surface area contributed by atoms with Crippen LogP contribution in [0.1, 0.15) is 37.9 Å². The topological polar surface area (TPSA) is 64.3 Å². The Bertz CT molecular complexity index is 837. The lowest BCUT2D eigenvalue weighted by atomic mass is 9.98. The molecule has 3 aromatic rings. The number of aromatic nitrogens is 4. The second-order valence-electron chi connectivity index (χ2n) is 6.52. The zero-order chi connectivity index (χ0) is 17.1. The Hall–Kier alpha value is -2.47. The molecule has 6 heteroatoms. The van der Waals surface area contributed by atoms with Crippen LogP contribution < -0.4 is 5.32 Å². The lowest BCUT2D eigenvalue weighted by Crippen LogP contribution is -2.17. The van der Waals surface area contributed by atoms with E-state index in [0.29, 0.717) is 12.7 Å². The van der Waals surface area contributed by atoms with Crippen molar-refractivity contribution in [2.45, 2.75) is 44.8 Å². The van der Waals surface area contributed by atoms with Crippen LogP contribution in [0.15, 0.2) is 36.8 Å². The molecule has 1 aliphatic rings. The summed E-state index contributed by atoms with van der Waals surface area (Å²) in [5.74, 6) is 1.60. The number of nitrogens with zero attached hydrogens (tertiary/aromatic N) is 4. The average Bonchev–Trinajstić information content (AvgIpc) is 3.10. The first-order valence-corrected chi connectivity index (χ1v) is 8.92. The quantitative estimate of drug-likeness (QED) is 0.769. The summed E-state index contributed by atoms with van der Waals surface area (Å²) in [5.41, 5.74) is 3.11. The number of fused-ring (bicyclic) bond motifs is 1. The minimum absolute atomic E-state index is 0.377. The van der Waals surface area contributed by atoms with Gasteiger partial charge in [0.15, 0.2) is 5.82 Å². The van der Waals surface area contributed by atoms with Crippen LogP contribution in [-0.2, 0) is 11.3 Å². The zero-order valence-corrected chi connectivity index (χ0v) is 14.5. The van der Waals surface area contributed by atoms with Crippen molar-refractivity contribution in [2.24, 2.45) is 0 Å². The van der Waals surface area contributed by atoms with Gasteiger partial charge in [0.25, 0.3) is 0 Å². The molecule has 0 saturated heterocycles. The number of rotatable bonds is 5. The second kappa shape index (κ2) is 7.19. The molecule has 0 bridgehead atoms. The van der Waals surface area contributed by atoms with E-state index in [4.69, 9.17) is 4.74 Å². The molecule has 0 aliphatic heterocycles. The fourth-order valence-electron chi connectivity index (χ4n) is 3.30. The zero-order valence-electron chi connectivity index (χ0n) is 14.5. The summed E-state index contributed by atoms with van der Waals surface area (Å²) in [5, 5.41) is 7.46. The van der Waals surface area contributed by atoms with Crippen molar-refractivity contribution in [3.8, 4) is 11.1 Å². The van der Waals surface area contributed by atoms with Crippen molar-refractivity contribution < 1.29 is 4.74 Å². The Kier molecular flexibility index (Phi) is 4.61. The monoisotopic (exact) mass is 337 g/mol. The van der Waals surface area contributed by atoms with E-state index in [-0.39, 0.29) is 0 Å². The summed E-state index contributed by atoms with van der Waals surface area (Å²) in [6.45, 7) is 0.498. The van der Waals surface area contributed by atoms with Gasteiger partial charge in [0.2, 0.25) is 0 Å². The van der Waals surface area contributed by atoms with Crippen LogP contribution in [-0.4, -0.2) is 32.7 Å². The van der Waals surface area contributed by atoms with E-state index in [2.05, 4.69) is 26.4 Å². The number of ether oxygens (including phenoxy) is 1. The molecule has 130 valence electrons. The molecule has 25 heavy (non-hydrogen) atoms. The molecule has 1 saturated carbocycles.